The van der Waals surface area contributed by atoms with Crippen LogP contribution in [0, 0.1) is 6.92 Å². The molecule has 0 unspecified atom stereocenters. The van der Waals surface area contributed by atoms with Crippen molar-refractivity contribution < 1.29 is 0 Å². The molecule has 0 saturated heterocycles. The van der Waals surface area contributed by atoms with Gasteiger partial charge in [-0.15, -0.1) is 6.58 Å². The van der Waals surface area contributed by atoms with E-state index < -0.39 is 0 Å². The second kappa shape index (κ2) is 10.8. The zero-order valence-corrected chi connectivity index (χ0v) is 14.3. The largest absolute Gasteiger partial charge is 0.357 e. The fourth-order valence-corrected chi connectivity index (χ4v) is 2.22. The first-order valence-corrected chi connectivity index (χ1v) is 8.19. The van der Waals surface area contributed by atoms with E-state index in [4.69, 9.17) is 4.99 Å². The molecule has 22 heavy (non-hydrogen) atoms. The predicted molar refractivity (Wildman–Crippen MR) is 95.1 cm³/mol. The summed E-state index contributed by atoms with van der Waals surface area (Å²) in [5, 5.41) is 3.36. The molecule has 1 aromatic heterocycles. The summed E-state index contributed by atoms with van der Waals surface area (Å²) in [6.07, 6.45) is 8.56. The maximum Gasteiger partial charge on any atom is 0.194 e. The molecular weight excluding hydrogens is 272 g/mol. The topological polar surface area (TPSA) is 40.5 Å². The average Bonchev–Trinajstić information content (AvgIpc) is 2.52. The van der Waals surface area contributed by atoms with Crippen LogP contribution in [0.3, 0.4) is 0 Å². The number of aromatic nitrogens is 1. The third kappa shape index (κ3) is 6.74. The molecule has 0 amide bonds. The van der Waals surface area contributed by atoms with E-state index in [0.717, 1.165) is 31.2 Å². The molecule has 1 N–H and O–H groups in total. The number of hydrogen-bond acceptors (Lipinski definition) is 2. The maximum absolute atomic E-state index is 4.71. The molecule has 122 valence electrons. The van der Waals surface area contributed by atoms with Gasteiger partial charge in [-0.05, 0) is 44.7 Å². The SMILES string of the molecule is C=CCCCCCN(C)C(=NCc1ncccc1C)NCC. The molecule has 0 fully saturated rings. The number of nitrogens with zero attached hydrogens (tertiary/aromatic N) is 3. The Hall–Kier alpha value is -1.84. The smallest absolute Gasteiger partial charge is 0.194 e. The molecule has 0 bridgehead atoms. The van der Waals surface area contributed by atoms with Crippen LogP contribution in [-0.4, -0.2) is 36.0 Å². The predicted octanol–water partition coefficient (Wildman–Crippen LogP) is 3.53. The summed E-state index contributed by atoms with van der Waals surface area (Å²) in [5.41, 5.74) is 2.23. The van der Waals surface area contributed by atoms with Crippen LogP contribution in [0.2, 0.25) is 0 Å². The van der Waals surface area contributed by atoms with Crippen molar-refractivity contribution in [1.29, 1.82) is 0 Å². The second-order valence-corrected chi connectivity index (χ2v) is 5.50. The van der Waals surface area contributed by atoms with Crippen LogP contribution in [0.15, 0.2) is 36.0 Å². The highest BCUT2D eigenvalue weighted by Crippen LogP contribution is 2.06. The van der Waals surface area contributed by atoms with Crippen molar-refractivity contribution in [3.63, 3.8) is 0 Å². The summed E-state index contributed by atoms with van der Waals surface area (Å²) in [4.78, 5) is 11.3. The number of unbranched alkanes of at least 4 members (excludes halogenated alkanes) is 3. The molecule has 0 spiro atoms. The third-order valence-electron chi connectivity index (χ3n) is 3.59. The highest BCUT2D eigenvalue weighted by molar-refractivity contribution is 5.79. The standard InChI is InChI=1S/C18H30N4/c1-5-7-8-9-10-14-22(4)18(19-6-2)21-15-17-16(3)12-11-13-20-17/h5,11-13H,1,6-10,14-15H2,2-4H3,(H,19,21). The molecule has 4 heteroatoms. The lowest BCUT2D eigenvalue weighted by Gasteiger charge is -2.22. The van der Waals surface area contributed by atoms with Crippen LogP contribution < -0.4 is 5.32 Å². The first kappa shape index (κ1) is 18.2. The summed E-state index contributed by atoms with van der Waals surface area (Å²) in [5.74, 6) is 0.955. The summed E-state index contributed by atoms with van der Waals surface area (Å²) in [7, 11) is 2.10. The number of aliphatic imine (C=N–C) groups is 1. The number of pyridine rings is 1. The zero-order chi connectivity index (χ0) is 16.2. The molecule has 1 aromatic rings. The summed E-state index contributed by atoms with van der Waals surface area (Å²) >= 11 is 0. The Bertz CT molecular complexity index is 468. The van der Waals surface area contributed by atoms with Crippen molar-refractivity contribution in [3.05, 3.63) is 42.2 Å². The number of guanidine groups is 1. The zero-order valence-electron chi connectivity index (χ0n) is 14.3. The number of allylic oxidation sites excluding steroid dienone is 1. The Morgan fingerprint density at radius 3 is 2.91 bits per heavy atom. The second-order valence-electron chi connectivity index (χ2n) is 5.50. The van der Waals surface area contributed by atoms with Gasteiger partial charge < -0.3 is 10.2 Å². The van der Waals surface area contributed by atoms with E-state index >= 15 is 0 Å². The van der Waals surface area contributed by atoms with Crippen molar-refractivity contribution >= 4 is 5.96 Å². The minimum atomic E-state index is 0.621. The van der Waals surface area contributed by atoms with E-state index in [0.29, 0.717) is 6.54 Å². The van der Waals surface area contributed by atoms with Crippen LogP contribution in [0.5, 0.6) is 0 Å². The highest BCUT2D eigenvalue weighted by atomic mass is 15.3. The van der Waals surface area contributed by atoms with Gasteiger partial charge in [-0.1, -0.05) is 18.6 Å². The summed E-state index contributed by atoms with van der Waals surface area (Å²) < 4.78 is 0. The van der Waals surface area contributed by atoms with Gasteiger partial charge in [0, 0.05) is 26.3 Å². The van der Waals surface area contributed by atoms with E-state index in [-0.39, 0.29) is 0 Å². The fraction of sp³-hybridized carbons (Fsp3) is 0.556. The molecule has 4 nitrogen and oxygen atoms in total. The first-order valence-electron chi connectivity index (χ1n) is 8.19. The van der Waals surface area contributed by atoms with Gasteiger partial charge >= 0.3 is 0 Å². The minimum Gasteiger partial charge on any atom is -0.357 e. The molecule has 0 aliphatic rings. The van der Waals surface area contributed by atoms with E-state index in [2.05, 4.69) is 48.7 Å². The lowest BCUT2D eigenvalue weighted by atomic mass is 10.2. The van der Waals surface area contributed by atoms with Gasteiger partial charge in [0.05, 0.1) is 12.2 Å². The number of rotatable bonds is 9. The molecule has 0 saturated carbocycles. The molecule has 0 aliphatic carbocycles. The van der Waals surface area contributed by atoms with Crippen LogP contribution in [0.25, 0.3) is 0 Å². The lowest BCUT2D eigenvalue weighted by molar-refractivity contribution is 0.455. The highest BCUT2D eigenvalue weighted by Gasteiger charge is 2.06. The Morgan fingerprint density at radius 2 is 2.23 bits per heavy atom. The molecule has 1 heterocycles. The van der Waals surface area contributed by atoms with Gasteiger partial charge in [-0.25, -0.2) is 4.99 Å². The fourth-order valence-electron chi connectivity index (χ4n) is 2.22. The van der Waals surface area contributed by atoms with Crippen molar-refractivity contribution in [2.75, 3.05) is 20.1 Å². The van der Waals surface area contributed by atoms with Gasteiger partial charge in [0.1, 0.15) is 0 Å². The Kier molecular flexibility index (Phi) is 8.96. The van der Waals surface area contributed by atoms with E-state index in [1.807, 2.05) is 18.3 Å². The molecule has 0 radical (unpaired) electrons. The molecule has 0 atom stereocenters. The summed E-state index contributed by atoms with van der Waals surface area (Å²) in [6.45, 7) is 10.4. The Labute approximate surface area is 135 Å². The number of hydrogen-bond donors (Lipinski definition) is 1. The lowest BCUT2D eigenvalue weighted by Crippen LogP contribution is -2.39. The van der Waals surface area contributed by atoms with Gasteiger partial charge in [-0.2, -0.15) is 0 Å². The monoisotopic (exact) mass is 302 g/mol. The van der Waals surface area contributed by atoms with Crippen LogP contribution in [-0.2, 0) is 6.54 Å². The van der Waals surface area contributed by atoms with Crippen LogP contribution >= 0.6 is 0 Å². The van der Waals surface area contributed by atoms with Gasteiger partial charge in [0.25, 0.3) is 0 Å². The van der Waals surface area contributed by atoms with Gasteiger partial charge in [0.2, 0.25) is 0 Å². The number of nitrogens with one attached hydrogen (secondary N) is 1. The average molecular weight is 302 g/mol. The molecule has 1 rings (SSSR count). The van der Waals surface area contributed by atoms with Crippen molar-refractivity contribution in [3.8, 4) is 0 Å². The first-order chi connectivity index (χ1) is 10.7. The van der Waals surface area contributed by atoms with E-state index in [9.17, 15) is 0 Å². The number of aryl methyl sites for hydroxylation is 1. The summed E-state index contributed by atoms with van der Waals surface area (Å²) in [6, 6.07) is 4.04. The molecule has 0 aliphatic heterocycles. The van der Waals surface area contributed by atoms with E-state index in [1.165, 1.54) is 24.8 Å². The van der Waals surface area contributed by atoms with Crippen molar-refractivity contribution in [1.82, 2.24) is 15.2 Å². The van der Waals surface area contributed by atoms with Gasteiger partial charge in [-0.3, -0.25) is 4.98 Å². The van der Waals surface area contributed by atoms with Gasteiger partial charge in [0.15, 0.2) is 5.96 Å². The van der Waals surface area contributed by atoms with E-state index in [1.54, 1.807) is 0 Å². The Balaban J connectivity index is 2.53. The molecular formula is C18H30N4. The minimum absolute atomic E-state index is 0.621. The normalized spacial score (nSPS) is 11.3. The maximum atomic E-state index is 4.71. The third-order valence-corrected chi connectivity index (χ3v) is 3.59. The van der Waals surface area contributed by atoms with Crippen molar-refractivity contribution in [2.24, 2.45) is 4.99 Å². The quantitative estimate of drug-likeness (QED) is 0.328. The Morgan fingerprint density at radius 1 is 1.41 bits per heavy atom. The van der Waals surface area contributed by atoms with Crippen LogP contribution in [0.1, 0.15) is 43.9 Å². The molecule has 0 aromatic carbocycles. The van der Waals surface area contributed by atoms with Crippen LogP contribution in [0.4, 0.5) is 0 Å². The van der Waals surface area contributed by atoms with Crippen molar-refractivity contribution in [2.45, 2.75) is 46.1 Å².